The number of carbonyl (C=O) groups excluding carboxylic acids is 1. The van der Waals surface area contributed by atoms with Gasteiger partial charge >= 0.3 is 18.3 Å². The van der Waals surface area contributed by atoms with Crippen LogP contribution < -0.4 is 0 Å². The van der Waals surface area contributed by atoms with Crippen LogP contribution in [0.25, 0.3) is 0 Å². The van der Waals surface area contributed by atoms with E-state index in [2.05, 4.69) is 0 Å². The number of alkyl halides is 7. The number of ether oxygens (including phenoxy) is 1. The summed E-state index contributed by atoms with van der Waals surface area (Å²) in [6.45, 7) is 3.39. The summed E-state index contributed by atoms with van der Waals surface area (Å²) in [6.07, 6.45) is -13.3. The van der Waals surface area contributed by atoms with Gasteiger partial charge in [0.2, 0.25) is 0 Å². The summed E-state index contributed by atoms with van der Waals surface area (Å²) in [5.41, 5.74) is -4.74. The third-order valence-corrected chi connectivity index (χ3v) is 5.70. The molecule has 0 aromatic rings. The minimum atomic E-state index is -5.82. The topological polar surface area (TPSA) is 46.5 Å². The molecule has 1 aliphatic rings. The minimum Gasteiger partial charge on any atom is -0.461 e. The van der Waals surface area contributed by atoms with Crippen molar-refractivity contribution in [2.75, 3.05) is 0 Å². The van der Waals surface area contributed by atoms with Crippen molar-refractivity contribution >= 4 is 28.6 Å². The van der Waals surface area contributed by atoms with E-state index in [1.807, 2.05) is 22.6 Å². The molecule has 0 aromatic heterocycles. The Balaban J connectivity index is 2.79. The average Bonchev–Trinajstić information content (AvgIpc) is 2.44. The van der Waals surface area contributed by atoms with Gasteiger partial charge in [0.25, 0.3) is 5.60 Å². The Kier molecular flexibility index (Phi) is 6.50. The molecular weight excluding hydrogens is 457 g/mol. The number of esters is 1. The molecule has 1 saturated carbocycles. The maximum atomic E-state index is 12.8. The molecule has 1 fully saturated rings. The second-order valence-electron chi connectivity index (χ2n) is 6.19. The van der Waals surface area contributed by atoms with Crippen LogP contribution in [-0.4, -0.2) is 38.6 Å². The second-order valence-corrected chi connectivity index (χ2v) is 8.57. The molecule has 0 bridgehead atoms. The zero-order valence-electron chi connectivity index (χ0n) is 13.1. The van der Waals surface area contributed by atoms with Crippen LogP contribution in [0.5, 0.6) is 0 Å². The normalized spacial score (nSPS) is 25.9. The smallest absolute Gasteiger partial charge is 0.426 e. The van der Waals surface area contributed by atoms with E-state index < -0.39 is 52.2 Å². The molecule has 0 radical (unpaired) electrons. The van der Waals surface area contributed by atoms with Crippen molar-refractivity contribution in [1.82, 2.24) is 0 Å². The van der Waals surface area contributed by atoms with Gasteiger partial charge in [-0.25, -0.2) is 0 Å². The Morgan fingerprint density at radius 2 is 1.50 bits per heavy atom. The molecule has 0 saturated heterocycles. The fourth-order valence-corrected chi connectivity index (χ4v) is 2.77. The zero-order valence-corrected chi connectivity index (χ0v) is 15.3. The van der Waals surface area contributed by atoms with Crippen LogP contribution >= 0.6 is 22.6 Å². The second kappa shape index (κ2) is 7.16. The van der Waals surface area contributed by atoms with Crippen molar-refractivity contribution in [3.8, 4) is 0 Å². The van der Waals surface area contributed by atoms with Gasteiger partial charge in [0, 0.05) is 5.92 Å². The largest absolute Gasteiger partial charge is 0.461 e. The highest BCUT2D eigenvalue weighted by molar-refractivity contribution is 14.1. The molecule has 24 heavy (non-hydrogen) atoms. The fraction of sp³-hybridized carbons (Fsp3) is 0.929. The third-order valence-electron chi connectivity index (χ3n) is 4.49. The molecule has 0 heterocycles. The van der Waals surface area contributed by atoms with Crippen LogP contribution in [0.1, 0.15) is 46.0 Å². The first-order chi connectivity index (χ1) is 10.7. The van der Waals surface area contributed by atoms with Crippen LogP contribution in [0.3, 0.4) is 0 Å². The van der Waals surface area contributed by atoms with E-state index in [1.165, 1.54) is 0 Å². The number of aliphatic hydroxyl groups is 1. The van der Waals surface area contributed by atoms with Crippen molar-refractivity contribution in [2.24, 2.45) is 5.92 Å². The lowest BCUT2D eigenvalue weighted by Gasteiger charge is -2.41. The van der Waals surface area contributed by atoms with E-state index in [0.717, 1.165) is 0 Å². The number of halogens is 7. The van der Waals surface area contributed by atoms with Gasteiger partial charge in [-0.3, -0.25) is 4.79 Å². The molecule has 0 spiro atoms. The van der Waals surface area contributed by atoms with Gasteiger partial charge in [0.05, 0.1) is 0 Å². The lowest BCUT2D eigenvalue weighted by atomic mass is 9.75. The van der Waals surface area contributed by atoms with Crippen LogP contribution in [0.15, 0.2) is 0 Å². The number of hydrogen-bond donors (Lipinski definition) is 1. The maximum Gasteiger partial charge on any atom is 0.426 e. The first-order valence-corrected chi connectivity index (χ1v) is 8.50. The van der Waals surface area contributed by atoms with Gasteiger partial charge in [-0.15, -0.1) is 0 Å². The summed E-state index contributed by atoms with van der Waals surface area (Å²) >= 11 is 1.89. The first-order valence-electron chi connectivity index (χ1n) is 7.42. The molecule has 1 N–H and O–H groups in total. The predicted molar refractivity (Wildman–Crippen MR) is 81.6 cm³/mol. The van der Waals surface area contributed by atoms with Gasteiger partial charge in [0.15, 0.2) is 0 Å². The van der Waals surface area contributed by atoms with Gasteiger partial charge < -0.3 is 9.84 Å². The van der Waals surface area contributed by atoms with Crippen LogP contribution in [0, 0.1) is 5.92 Å². The maximum absolute atomic E-state index is 12.8. The summed E-state index contributed by atoms with van der Waals surface area (Å²) in [5.74, 6) is -2.56. The highest BCUT2D eigenvalue weighted by Crippen LogP contribution is 2.51. The highest BCUT2D eigenvalue weighted by Gasteiger charge is 2.73. The SMILES string of the molecule is CCC(C)(I)C(=O)OC1CCC(C(O)(C(F)(F)F)C(F)(F)F)CC1. The number of rotatable bonds is 4. The minimum absolute atomic E-state index is 0.151. The summed E-state index contributed by atoms with van der Waals surface area (Å²) in [7, 11) is 0. The van der Waals surface area contributed by atoms with E-state index in [1.54, 1.807) is 13.8 Å². The molecule has 142 valence electrons. The highest BCUT2D eigenvalue weighted by atomic mass is 127. The van der Waals surface area contributed by atoms with Gasteiger partial charge in [0.1, 0.15) is 9.53 Å². The number of hydrogen-bond acceptors (Lipinski definition) is 3. The van der Waals surface area contributed by atoms with Gasteiger partial charge in [-0.1, -0.05) is 29.5 Å². The molecule has 1 rings (SSSR count). The summed E-state index contributed by atoms with van der Waals surface area (Å²) in [5, 5.41) is 9.39. The molecule has 0 aromatic carbocycles. The summed E-state index contributed by atoms with van der Waals surface area (Å²) < 4.78 is 81.4. The molecule has 3 nitrogen and oxygen atoms in total. The monoisotopic (exact) mass is 476 g/mol. The Hall–Kier alpha value is -0.260. The van der Waals surface area contributed by atoms with Crippen molar-refractivity contribution in [3.05, 3.63) is 0 Å². The quantitative estimate of drug-likeness (QED) is 0.281. The van der Waals surface area contributed by atoms with Crippen molar-refractivity contribution in [1.29, 1.82) is 0 Å². The lowest BCUT2D eigenvalue weighted by molar-refractivity contribution is -0.387. The Bertz CT molecular complexity index is 438. The Morgan fingerprint density at radius 3 is 1.83 bits per heavy atom. The van der Waals surface area contributed by atoms with Gasteiger partial charge in [-0.05, 0) is 39.0 Å². The molecule has 0 aliphatic heterocycles. The van der Waals surface area contributed by atoms with E-state index in [4.69, 9.17) is 4.74 Å². The third kappa shape index (κ3) is 4.28. The fourth-order valence-electron chi connectivity index (χ4n) is 2.64. The van der Waals surface area contributed by atoms with Crippen molar-refractivity contribution < 1.29 is 41.0 Å². The molecule has 1 atom stereocenters. The van der Waals surface area contributed by atoms with E-state index >= 15 is 0 Å². The van der Waals surface area contributed by atoms with Crippen molar-refractivity contribution in [2.45, 2.75) is 73.4 Å². The molecular formula is C14H19F6IO3. The van der Waals surface area contributed by atoms with Crippen LogP contribution in [-0.2, 0) is 9.53 Å². The molecule has 10 heteroatoms. The predicted octanol–water partition coefficient (Wildman–Crippen LogP) is 4.55. The van der Waals surface area contributed by atoms with E-state index in [9.17, 15) is 36.2 Å². The Morgan fingerprint density at radius 1 is 1.08 bits per heavy atom. The first kappa shape index (κ1) is 21.8. The van der Waals surface area contributed by atoms with Gasteiger partial charge in [-0.2, -0.15) is 26.3 Å². The molecule has 1 unspecified atom stereocenters. The number of carbonyl (C=O) groups is 1. The molecule has 1 aliphatic carbocycles. The van der Waals surface area contributed by atoms with E-state index in [-0.39, 0.29) is 12.8 Å². The van der Waals surface area contributed by atoms with Crippen molar-refractivity contribution in [3.63, 3.8) is 0 Å². The standard InChI is InChI=1S/C14H19F6IO3/c1-3-11(2,21)10(22)24-9-6-4-8(5-7-9)12(23,13(15,16)17)14(18,19)20/h8-9,23H,3-7H2,1-2H3. The van der Waals surface area contributed by atoms with Crippen LogP contribution in [0.2, 0.25) is 0 Å². The average molecular weight is 476 g/mol. The van der Waals surface area contributed by atoms with Crippen LogP contribution in [0.4, 0.5) is 26.3 Å². The summed E-state index contributed by atoms with van der Waals surface area (Å²) in [6, 6.07) is 0. The lowest BCUT2D eigenvalue weighted by Crippen LogP contribution is -2.62. The summed E-state index contributed by atoms with van der Waals surface area (Å²) in [4.78, 5) is 11.9. The zero-order chi connectivity index (χ0) is 19.0. The molecule has 0 amide bonds. The van der Waals surface area contributed by atoms with E-state index in [0.29, 0.717) is 6.42 Å². The Labute approximate surface area is 149 Å².